The van der Waals surface area contributed by atoms with Gasteiger partial charge in [-0.05, 0) is 30.2 Å². The van der Waals surface area contributed by atoms with Gasteiger partial charge >= 0.3 is 12.1 Å². The third kappa shape index (κ3) is 7.75. The van der Waals surface area contributed by atoms with Crippen molar-refractivity contribution in [2.45, 2.75) is 18.6 Å². The summed E-state index contributed by atoms with van der Waals surface area (Å²) in [7, 11) is 0. The second kappa shape index (κ2) is 7.19. The molecule has 0 spiro atoms. The number of carbonyl (C=O) groups excluding carboxylic acids is 1. The van der Waals surface area contributed by atoms with Crippen LogP contribution >= 0.6 is 23.5 Å². The number of rotatable bonds is 6. The van der Waals surface area contributed by atoms with Crippen molar-refractivity contribution in [2.24, 2.45) is 0 Å². The summed E-state index contributed by atoms with van der Waals surface area (Å²) in [6.45, 7) is -1.58. The van der Waals surface area contributed by atoms with Crippen LogP contribution in [0.3, 0.4) is 0 Å². The Bertz CT molecular complexity index is 203. The van der Waals surface area contributed by atoms with Gasteiger partial charge in [-0.1, -0.05) is 0 Å². The van der Waals surface area contributed by atoms with E-state index in [2.05, 4.69) is 9.57 Å². The van der Waals surface area contributed by atoms with Gasteiger partial charge in [0, 0.05) is 0 Å². The smallest absolute Gasteiger partial charge is 0.422 e. The number of nitrogens with one attached hydrogen (secondary N) is 1. The molecule has 90 valence electrons. The van der Waals surface area contributed by atoms with E-state index in [9.17, 15) is 18.0 Å². The number of hydrogen-bond donors (Lipinski definition) is 1. The lowest BCUT2D eigenvalue weighted by Crippen LogP contribution is -2.35. The summed E-state index contributed by atoms with van der Waals surface area (Å²) in [5.41, 5.74) is 0. The molecule has 0 rings (SSSR count). The lowest BCUT2D eigenvalue weighted by atomic mass is 10.2. The Kier molecular flexibility index (Phi) is 7.12. The number of carbonyl (C=O) groups is 1. The minimum Gasteiger partial charge on any atom is -0.455 e. The monoisotopic (exact) mass is 265 g/mol. The van der Waals surface area contributed by atoms with Gasteiger partial charge in [0.1, 0.15) is 6.04 Å². The first-order chi connectivity index (χ1) is 6.90. The number of ether oxygens (including phenoxy) is 1. The zero-order valence-electron chi connectivity index (χ0n) is 7.94. The predicted octanol–water partition coefficient (Wildman–Crippen LogP) is 1.96. The highest BCUT2D eigenvalue weighted by Gasteiger charge is 2.31. The number of halogens is 4. The number of alkyl halides is 3. The molecule has 0 aliphatic rings. The van der Waals surface area contributed by atoms with Crippen molar-refractivity contribution in [1.29, 1.82) is 0 Å². The molecule has 0 fully saturated rings. The average molecular weight is 266 g/mol. The third-order valence-electron chi connectivity index (χ3n) is 1.40. The second-order valence-corrected chi connectivity index (χ2v) is 3.87. The summed E-state index contributed by atoms with van der Waals surface area (Å²) in [5.74, 6) is -0.387. The van der Waals surface area contributed by atoms with Gasteiger partial charge < -0.3 is 4.74 Å². The Morgan fingerprint density at radius 2 is 2.20 bits per heavy atom. The molecule has 0 aliphatic heterocycles. The van der Waals surface area contributed by atoms with Crippen molar-refractivity contribution >= 4 is 29.5 Å². The second-order valence-electron chi connectivity index (χ2n) is 2.67. The first-order valence-electron chi connectivity index (χ1n) is 3.99. The van der Waals surface area contributed by atoms with Crippen LogP contribution in [0, 0.1) is 0 Å². The average Bonchev–Trinajstić information content (AvgIpc) is 2.15. The van der Waals surface area contributed by atoms with Crippen LogP contribution in [-0.2, 0) is 9.53 Å². The molecule has 1 atom stereocenters. The molecular weight excluding hydrogens is 255 g/mol. The number of hydrogen-bond acceptors (Lipinski definition) is 4. The highest BCUT2D eigenvalue weighted by atomic mass is 35.5. The molecule has 0 aromatic rings. The Morgan fingerprint density at radius 1 is 1.60 bits per heavy atom. The minimum atomic E-state index is -4.51. The Morgan fingerprint density at radius 3 is 2.60 bits per heavy atom. The molecule has 3 nitrogen and oxygen atoms in total. The lowest BCUT2D eigenvalue weighted by Gasteiger charge is -2.14. The van der Waals surface area contributed by atoms with Gasteiger partial charge in [-0.15, -0.1) is 0 Å². The molecule has 0 aromatic heterocycles. The van der Waals surface area contributed by atoms with Gasteiger partial charge in [0.25, 0.3) is 0 Å². The highest BCUT2D eigenvalue weighted by molar-refractivity contribution is 7.98. The Balaban J connectivity index is 3.94. The zero-order chi connectivity index (χ0) is 11.9. The van der Waals surface area contributed by atoms with E-state index in [1.165, 1.54) is 11.8 Å². The van der Waals surface area contributed by atoms with Gasteiger partial charge in [0.2, 0.25) is 0 Å². The maximum Gasteiger partial charge on any atom is 0.422 e. The molecule has 0 bridgehead atoms. The fourth-order valence-corrected chi connectivity index (χ4v) is 1.38. The van der Waals surface area contributed by atoms with Crippen molar-refractivity contribution < 1.29 is 22.7 Å². The largest absolute Gasteiger partial charge is 0.455 e. The molecule has 8 heteroatoms. The Hall–Kier alpha value is -0.140. The normalized spacial score (nSPS) is 13.7. The molecule has 0 amide bonds. The van der Waals surface area contributed by atoms with Crippen molar-refractivity contribution in [3.63, 3.8) is 0 Å². The summed E-state index contributed by atoms with van der Waals surface area (Å²) in [6.07, 6.45) is -2.38. The van der Waals surface area contributed by atoms with E-state index in [1.807, 2.05) is 6.26 Å². The van der Waals surface area contributed by atoms with E-state index in [1.54, 1.807) is 0 Å². The van der Waals surface area contributed by atoms with Crippen LogP contribution in [0.25, 0.3) is 0 Å². The predicted molar refractivity (Wildman–Crippen MR) is 52.8 cm³/mol. The molecule has 1 N–H and O–H groups in total. The van der Waals surface area contributed by atoms with Crippen LogP contribution in [0.2, 0.25) is 0 Å². The highest BCUT2D eigenvalue weighted by Crippen LogP contribution is 2.15. The standard InChI is InChI=1S/C7H11ClF3NO2S/c1-15-3-2-5(12-8)6(13)14-4-7(9,10)11/h5,12H,2-4H2,1H3/t5-/m0/s1. The van der Waals surface area contributed by atoms with Crippen LogP contribution in [-0.4, -0.2) is 36.8 Å². The first-order valence-corrected chi connectivity index (χ1v) is 5.76. The summed E-state index contributed by atoms with van der Waals surface area (Å²) in [6, 6.07) is -0.901. The van der Waals surface area contributed by atoms with Crippen LogP contribution in [0.1, 0.15) is 6.42 Å². The fourth-order valence-electron chi connectivity index (χ4n) is 0.706. The van der Waals surface area contributed by atoms with Crippen molar-refractivity contribution in [1.82, 2.24) is 4.84 Å². The summed E-state index contributed by atoms with van der Waals surface area (Å²) >= 11 is 6.66. The van der Waals surface area contributed by atoms with E-state index < -0.39 is 24.8 Å². The summed E-state index contributed by atoms with van der Waals surface area (Å²) in [5, 5.41) is 0. The van der Waals surface area contributed by atoms with Crippen LogP contribution < -0.4 is 4.84 Å². The van der Waals surface area contributed by atoms with Crippen molar-refractivity contribution in [3.05, 3.63) is 0 Å². The van der Waals surface area contributed by atoms with Crippen LogP contribution in [0.15, 0.2) is 0 Å². The third-order valence-corrected chi connectivity index (χ3v) is 2.31. The maximum atomic E-state index is 11.7. The van der Waals surface area contributed by atoms with Gasteiger partial charge in [-0.25, -0.2) is 4.84 Å². The van der Waals surface area contributed by atoms with E-state index in [0.717, 1.165) is 0 Å². The molecule has 0 unspecified atom stereocenters. The Labute approximate surface area is 94.8 Å². The fraction of sp³-hybridized carbons (Fsp3) is 0.857. The van der Waals surface area contributed by atoms with E-state index >= 15 is 0 Å². The topological polar surface area (TPSA) is 38.3 Å². The molecule has 0 heterocycles. The number of thioether (sulfide) groups is 1. The number of esters is 1. The molecule has 0 aliphatic carbocycles. The van der Waals surface area contributed by atoms with Gasteiger partial charge in [-0.2, -0.15) is 24.9 Å². The minimum absolute atomic E-state index is 0.321. The molecule has 0 aromatic carbocycles. The lowest BCUT2D eigenvalue weighted by molar-refractivity contribution is -0.187. The van der Waals surface area contributed by atoms with Crippen LogP contribution in [0.5, 0.6) is 0 Å². The van der Waals surface area contributed by atoms with Gasteiger partial charge in [-0.3, -0.25) is 4.79 Å². The van der Waals surface area contributed by atoms with E-state index in [0.29, 0.717) is 12.2 Å². The van der Waals surface area contributed by atoms with Gasteiger partial charge in [0.15, 0.2) is 6.61 Å². The molecule has 0 saturated heterocycles. The van der Waals surface area contributed by atoms with E-state index in [4.69, 9.17) is 11.8 Å². The molecule has 15 heavy (non-hydrogen) atoms. The summed E-state index contributed by atoms with van der Waals surface area (Å²) < 4.78 is 39.1. The quantitative estimate of drug-likeness (QED) is 0.589. The van der Waals surface area contributed by atoms with Crippen LogP contribution in [0.4, 0.5) is 13.2 Å². The van der Waals surface area contributed by atoms with Crippen molar-refractivity contribution in [3.8, 4) is 0 Å². The first kappa shape index (κ1) is 14.9. The van der Waals surface area contributed by atoms with Gasteiger partial charge in [0.05, 0.1) is 0 Å². The summed E-state index contributed by atoms with van der Waals surface area (Å²) in [4.78, 5) is 13.1. The van der Waals surface area contributed by atoms with Crippen molar-refractivity contribution in [2.75, 3.05) is 18.6 Å². The molecule has 0 saturated carbocycles. The zero-order valence-corrected chi connectivity index (χ0v) is 9.51. The maximum absolute atomic E-state index is 11.7. The SMILES string of the molecule is CSCC[C@H](NCl)C(=O)OCC(F)(F)F. The molecular formula is C7H11ClF3NO2S. The van der Waals surface area contributed by atoms with E-state index in [-0.39, 0.29) is 0 Å². The molecule has 0 radical (unpaired) electrons.